The van der Waals surface area contributed by atoms with Crippen molar-refractivity contribution in [2.45, 2.75) is 6.42 Å². The van der Waals surface area contributed by atoms with Crippen molar-refractivity contribution in [3.63, 3.8) is 0 Å². The number of nitrogens with zero attached hydrogens (tertiary/aromatic N) is 2. The van der Waals surface area contributed by atoms with Crippen molar-refractivity contribution in [3.05, 3.63) is 52.1 Å². The van der Waals surface area contributed by atoms with E-state index in [1.165, 1.54) is 25.2 Å². The molecule has 0 bridgehead atoms. The molecule has 0 spiro atoms. The molecule has 21 heavy (non-hydrogen) atoms. The van der Waals surface area contributed by atoms with Crippen molar-refractivity contribution >= 4 is 17.3 Å². The van der Waals surface area contributed by atoms with E-state index in [0.29, 0.717) is 24.2 Å². The summed E-state index contributed by atoms with van der Waals surface area (Å²) in [5.41, 5.74) is 1.55. The molecule has 8 nitrogen and oxygen atoms in total. The molecule has 0 unspecified atom stereocenters. The fourth-order valence-corrected chi connectivity index (χ4v) is 1.88. The van der Waals surface area contributed by atoms with Crippen LogP contribution in [0.25, 0.3) is 0 Å². The molecule has 8 heteroatoms. The van der Waals surface area contributed by atoms with E-state index < -0.39 is 4.92 Å². The first-order valence-electron chi connectivity index (χ1n) is 6.33. The van der Waals surface area contributed by atoms with E-state index in [2.05, 4.69) is 20.6 Å². The average Bonchev–Trinajstić information content (AvgIpc) is 2.99. The van der Waals surface area contributed by atoms with Crippen LogP contribution in [-0.4, -0.2) is 34.4 Å². The van der Waals surface area contributed by atoms with Crippen LogP contribution in [0.5, 0.6) is 0 Å². The number of hydrogen-bond acceptors (Lipinski definition) is 5. The predicted molar refractivity (Wildman–Crippen MR) is 77.3 cm³/mol. The standard InChI is InChI=1S/C13H15N5O3/c1-14-13(19)9-2-3-12(18(20)21)11(6-9)16-5-4-10-7-15-8-17-10/h2-3,6-8,16H,4-5H2,1H3,(H,14,19)(H,15,17). The number of anilines is 1. The molecule has 0 radical (unpaired) electrons. The van der Waals surface area contributed by atoms with Gasteiger partial charge in [0, 0.05) is 43.5 Å². The number of hydrogen-bond donors (Lipinski definition) is 3. The van der Waals surface area contributed by atoms with E-state index in [1.54, 1.807) is 12.5 Å². The zero-order chi connectivity index (χ0) is 15.2. The molecule has 3 N–H and O–H groups in total. The third-order valence-electron chi connectivity index (χ3n) is 2.95. The van der Waals surface area contributed by atoms with Gasteiger partial charge in [-0.15, -0.1) is 0 Å². The number of carbonyl (C=O) groups excluding carboxylic acids is 1. The first-order valence-corrected chi connectivity index (χ1v) is 6.33. The van der Waals surface area contributed by atoms with Crippen molar-refractivity contribution < 1.29 is 9.72 Å². The number of nitro groups is 1. The average molecular weight is 289 g/mol. The maximum atomic E-state index is 11.6. The second-order valence-corrected chi connectivity index (χ2v) is 4.32. The number of nitrogens with one attached hydrogen (secondary N) is 3. The van der Waals surface area contributed by atoms with E-state index >= 15 is 0 Å². The number of aromatic amines is 1. The van der Waals surface area contributed by atoms with Crippen LogP contribution in [0.15, 0.2) is 30.7 Å². The van der Waals surface area contributed by atoms with Crippen molar-refractivity contribution in [3.8, 4) is 0 Å². The summed E-state index contributed by atoms with van der Waals surface area (Å²) in [6, 6.07) is 4.23. The van der Waals surface area contributed by atoms with Gasteiger partial charge in [-0.05, 0) is 12.1 Å². The normalized spacial score (nSPS) is 10.1. The topological polar surface area (TPSA) is 113 Å². The molecule has 2 rings (SSSR count). The molecular formula is C13H15N5O3. The monoisotopic (exact) mass is 289 g/mol. The maximum Gasteiger partial charge on any atom is 0.292 e. The van der Waals surface area contributed by atoms with Gasteiger partial charge in [0.15, 0.2) is 0 Å². The molecule has 0 fully saturated rings. The quantitative estimate of drug-likeness (QED) is 0.548. The van der Waals surface area contributed by atoms with Gasteiger partial charge in [0.25, 0.3) is 11.6 Å². The molecule has 0 saturated heterocycles. The molecule has 0 aliphatic carbocycles. The summed E-state index contributed by atoms with van der Waals surface area (Å²) in [7, 11) is 1.51. The highest BCUT2D eigenvalue weighted by molar-refractivity contribution is 5.95. The van der Waals surface area contributed by atoms with E-state index in [0.717, 1.165) is 5.69 Å². The van der Waals surface area contributed by atoms with Crippen molar-refractivity contribution in [2.24, 2.45) is 0 Å². The number of rotatable bonds is 6. The Bertz CT molecular complexity index is 639. The lowest BCUT2D eigenvalue weighted by atomic mass is 10.1. The Labute approximate surface area is 120 Å². The molecule has 0 saturated carbocycles. The zero-order valence-electron chi connectivity index (χ0n) is 11.4. The van der Waals surface area contributed by atoms with Crippen molar-refractivity contribution in [1.29, 1.82) is 0 Å². The molecule has 1 aromatic carbocycles. The lowest BCUT2D eigenvalue weighted by molar-refractivity contribution is -0.384. The molecule has 2 aromatic rings. The van der Waals surface area contributed by atoms with Gasteiger partial charge in [0.1, 0.15) is 5.69 Å². The Morgan fingerprint density at radius 3 is 2.90 bits per heavy atom. The summed E-state index contributed by atoms with van der Waals surface area (Å²) in [5, 5.41) is 16.5. The number of amides is 1. The van der Waals surface area contributed by atoms with Crippen LogP contribution in [0.3, 0.4) is 0 Å². The summed E-state index contributed by atoms with van der Waals surface area (Å²) in [5.74, 6) is -0.290. The van der Waals surface area contributed by atoms with Crippen LogP contribution in [0, 0.1) is 10.1 Å². The first-order chi connectivity index (χ1) is 10.1. The summed E-state index contributed by atoms with van der Waals surface area (Å²) in [4.78, 5) is 29.0. The van der Waals surface area contributed by atoms with Gasteiger partial charge in [-0.25, -0.2) is 4.98 Å². The molecule has 110 valence electrons. The predicted octanol–water partition coefficient (Wildman–Crippen LogP) is 1.33. The Morgan fingerprint density at radius 2 is 2.29 bits per heavy atom. The fourth-order valence-electron chi connectivity index (χ4n) is 1.88. The van der Waals surface area contributed by atoms with Crippen LogP contribution in [0.4, 0.5) is 11.4 Å². The van der Waals surface area contributed by atoms with Crippen LogP contribution in [-0.2, 0) is 6.42 Å². The molecule has 0 aliphatic heterocycles. The summed E-state index contributed by atoms with van der Waals surface area (Å²) >= 11 is 0. The van der Waals surface area contributed by atoms with Gasteiger partial charge in [-0.3, -0.25) is 14.9 Å². The number of benzene rings is 1. The SMILES string of the molecule is CNC(=O)c1ccc([N+](=O)[O-])c(NCCc2cnc[nH]2)c1. The second-order valence-electron chi connectivity index (χ2n) is 4.32. The van der Waals surface area contributed by atoms with Crippen LogP contribution >= 0.6 is 0 Å². The number of nitro benzene ring substituents is 1. The van der Waals surface area contributed by atoms with E-state index in [1.807, 2.05) is 0 Å². The maximum absolute atomic E-state index is 11.6. The lowest BCUT2D eigenvalue weighted by Gasteiger charge is -2.08. The highest BCUT2D eigenvalue weighted by atomic mass is 16.6. The molecule has 1 heterocycles. The molecular weight excluding hydrogens is 274 g/mol. The lowest BCUT2D eigenvalue weighted by Crippen LogP contribution is -2.18. The largest absolute Gasteiger partial charge is 0.379 e. The Morgan fingerprint density at radius 1 is 1.48 bits per heavy atom. The highest BCUT2D eigenvalue weighted by Gasteiger charge is 2.16. The van der Waals surface area contributed by atoms with Gasteiger partial charge >= 0.3 is 0 Å². The number of aromatic nitrogens is 2. The fraction of sp³-hybridized carbons (Fsp3) is 0.231. The minimum absolute atomic E-state index is 0.0627. The third kappa shape index (κ3) is 3.56. The minimum Gasteiger partial charge on any atom is -0.379 e. The second kappa shape index (κ2) is 6.51. The number of imidazole rings is 1. The van der Waals surface area contributed by atoms with Gasteiger partial charge in [0.2, 0.25) is 0 Å². The zero-order valence-corrected chi connectivity index (χ0v) is 11.4. The molecule has 0 atom stereocenters. The first kappa shape index (κ1) is 14.5. The van der Waals surface area contributed by atoms with Gasteiger partial charge < -0.3 is 15.6 Å². The van der Waals surface area contributed by atoms with Crippen molar-refractivity contribution in [1.82, 2.24) is 15.3 Å². The van der Waals surface area contributed by atoms with Gasteiger partial charge in [-0.1, -0.05) is 0 Å². The Kier molecular flexibility index (Phi) is 4.50. The van der Waals surface area contributed by atoms with Crippen LogP contribution in [0.1, 0.15) is 16.1 Å². The van der Waals surface area contributed by atoms with E-state index in [-0.39, 0.29) is 11.6 Å². The molecule has 1 aromatic heterocycles. The van der Waals surface area contributed by atoms with E-state index in [4.69, 9.17) is 0 Å². The molecule has 1 amide bonds. The Balaban J connectivity index is 2.14. The van der Waals surface area contributed by atoms with Gasteiger partial charge in [0.05, 0.1) is 11.3 Å². The van der Waals surface area contributed by atoms with Gasteiger partial charge in [-0.2, -0.15) is 0 Å². The smallest absolute Gasteiger partial charge is 0.292 e. The minimum atomic E-state index is -0.480. The van der Waals surface area contributed by atoms with Crippen molar-refractivity contribution in [2.75, 3.05) is 18.9 Å². The highest BCUT2D eigenvalue weighted by Crippen LogP contribution is 2.25. The molecule has 0 aliphatic rings. The third-order valence-corrected chi connectivity index (χ3v) is 2.95. The summed E-state index contributed by atoms with van der Waals surface area (Å²) < 4.78 is 0. The number of carbonyl (C=O) groups is 1. The van der Waals surface area contributed by atoms with Crippen LogP contribution < -0.4 is 10.6 Å². The summed E-state index contributed by atoms with van der Waals surface area (Å²) in [6.07, 6.45) is 3.91. The number of H-pyrrole nitrogens is 1. The van der Waals surface area contributed by atoms with Crippen LogP contribution in [0.2, 0.25) is 0 Å². The Hall–Kier alpha value is -2.90. The summed E-state index contributed by atoms with van der Waals surface area (Å²) in [6.45, 7) is 0.486. The van der Waals surface area contributed by atoms with E-state index in [9.17, 15) is 14.9 Å².